The van der Waals surface area contributed by atoms with Gasteiger partial charge in [0.1, 0.15) is 17.4 Å². The predicted octanol–water partition coefficient (Wildman–Crippen LogP) is 2.36. The summed E-state index contributed by atoms with van der Waals surface area (Å²) in [4.78, 5) is 12.4. The quantitative estimate of drug-likeness (QED) is 0.492. The molecule has 4 heterocycles. The molecule has 2 N–H and O–H groups in total. The van der Waals surface area contributed by atoms with E-state index in [1.807, 2.05) is 12.1 Å². The van der Waals surface area contributed by atoms with E-state index in [4.69, 9.17) is 16.0 Å². The molecule has 0 saturated carbocycles. The maximum Gasteiger partial charge on any atom is 0.288 e. The lowest BCUT2D eigenvalue weighted by molar-refractivity contribution is 0.554. The highest BCUT2D eigenvalue weighted by atomic mass is 35.5. The highest BCUT2D eigenvalue weighted by molar-refractivity contribution is 6.30. The molecule has 0 aliphatic carbocycles. The third kappa shape index (κ3) is 2.14. The first-order chi connectivity index (χ1) is 12.7. The van der Waals surface area contributed by atoms with E-state index in [1.165, 1.54) is 0 Å². The number of hydrogen-bond donors (Lipinski definition) is 2. The fourth-order valence-electron chi connectivity index (χ4n) is 3.09. The van der Waals surface area contributed by atoms with Crippen molar-refractivity contribution in [3.05, 3.63) is 69.2 Å². The molecule has 1 atom stereocenters. The lowest BCUT2D eigenvalue weighted by Gasteiger charge is -2.27. The average molecular weight is 368 g/mol. The molecule has 3 aromatic heterocycles. The Morgan fingerprint density at radius 2 is 2.04 bits per heavy atom. The van der Waals surface area contributed by atoms with Gasteiger partial charge in [-0.15, -0.1) is 0 Å². The molecule has 9 nitrogen and oxygen atoms in total. The lowest BCUT2D eigenvalue weighted by atomic mass is 9.94. The summed E-state index contributed by atoms with van der Waals surface area (Å²) < 4.78 is 7.10. The second kappa shape index (κ2) is 5.53. The van der Waals surface area contributed by atoms with Gasteiger partial charge in [-0.1, -0.05) is 28.8 Å². The number of furan rings is 1. The molecule has 0 bridgehead atoms. The van der Waals surface area contributed by atoms with Gasteiger partial charge in [-0.25, -0.2) is 5.10 Å². The Morgan fingerprint density at radius 1 is 1.19 bits per heavy atom. The SMILES string of the molecule is O=c1[nH]nc(-c2ccco2)c2c1Nc1nnnn1[C@H]2c1ccc(Cl)cc1. The van der Waals surface area contributed by atoms with Crippen molar-refractivity contribution in [2.24, 2.45) is 0 Å². The molecular formula is C16H10ClN7O2. The minimum atomic E-state index is -0.469. The lowest BCUT2D eigenvalue weighted by Crippen LogP contribution is -2.29. The molecular weight excluding hydrogens is 358 g/mol. The Hall–Kier alpha value is -3.46. The topological polar surface area (TPSA) is 115 Å². The Labute approximate surface area is 150 Å². The van der Waals surface area contributed by atoms with Crippen molar-refractivity contribution >= 4 is 23.2 Å². The number of halogens is 1. The van der Waals surface area contributed by atoms with Crippen molar-refractivity contribution in [3.63, 3.8) is 0 Å². The van der Waals surface area contributed by atoms with Crippen LogP contribution in [0.2, 0.25) is 5.02 Å². The molecule has 0 spiro atoms. The Morgan fingerprint density at radius 3 is 2.81 bits per heavy atom. The fraction of sp³-hybridized carbons (Fsp3) is 0.0625. The molecule has 0 radical (unpaired) electrons. The number of benzene rings is 1. The number of nitrogens with zero attached hydrogens (tertiary/aromatic N) is 5. The monoisotopic (exact) mass is 367 g/mol. The van der Waals surface area contributed by atoms with Gasteiger partial charge < -0.3 is 9.73 Å². The van der Waals surface area contributed by atoms with Gasteiger partial charge in [-0.05, 0) is 40.3 Å². The molecule has 4 aromatic rings. The van der Waals surface area contributed by atoms with Crippen LogP contribution in [0.15, 0.2) is 51.9 Å². The summed E-state index contributed by atoms with van der Waals surface area (Å²) in [6.45, 7) is 0. The fourth-order valence-corrected chi connectivity index (χ4v) is 3.22. The molecule has 5 rings (SSSR count). The summed E-state index contributed by atoms with van der Waals surface area (Å²) in [6.07, 6.45) is 1.55. The van der Waals surface area contributed by atoms with E-state index in [9.17, 15) is 4.79 Å². The molecule has 1 aliphatic rings. The van der Waals surface area contributed by atoms with Gasteiger partial charge in [0.05, 0.1) is 6.26 Å². The number of hydrogen-bond acceptors (Lipinski definition) is 7. The normalized spacial score (nSPS) is 15.2. The molecule has 1 aliphatic heterocycles. The van der Waals surface area contributed by atoms with Crippen LogP contribution in [0.25, 0.3) is 11.5 Å². The van der Waals surface area contributed by atoms with Crippen LogP contribution in [0.4, 0.5) is 11.6 Å². The van der Waals surface area contributed by atoms with E-state index in [0.717, 1.165) is 5.56 Å². The molecule has 10 heteroatoms. The van der Waals surface area contributed by atoms with Gasteiger partial charge in [0, 0.05) is 10.6 Å². The van der Waals surface area contributed by atoms with Crippen LogP contribution in [-0.4, -0.2) is 30.4 Å². The molecule has 26 heavy (non-hydrogen) atoms. The number of fused-ring (bicyclic) bond motifs is 2. The first-order valence-corrected chi connectivity index (χ1v) is 8.07. The van der Waals surface area contributed by atoms with Crippen molar-refractivity contribution in [2.75, 3.05) is 5.32 Å². The Kier molecular flexibility index (Phi) is 3.16. The van der Waals surface area contributed by atoms with E-state index in [2.05, 4.69) is 31.0 Å². The highest BCUT2D eigenvalue weighted by Gasteiger charge is 2.34. The number of rotatable bonds is 2. The van der Waals surface area contributed by atoms with Gasteiger partial charge in [-0.2, -0.15) is 9.78 Å². The molecule has 0 unspecified atom stereocenters. The van der Waals surface area contributed by atoms with Crippen LogP contribution in [-0.2, 0) is 0 Å². The van der Waals surface area contributed by atoms with E-state index in [-0.39, 0.29) is 5.56 Å². The first-order valence-electron chi connectivity index (χ1n) is 7.69. The summed E-state index contributed by atoms with van der Waals surface area (Å²) in [5.41, 5.74) is 1.92. The largest absolute Gasteiger partial charge is 0.463 e. The molecule has 1 aromatic carbocycles. The Bertz CT molecular complexity index is 1150. The molecule has 128 valence electrons. The standard InChI is InChI=1S/C16H10ClN7O2/c17-9-5-3-8(4-6-9)14-11-12(10-2-1-7-26-10)19-20-15(25)13(11)18-16-21-22-23-24(14)16/h1-7,14H,(H,20,25)(H,18,21,23)/t14-/m0/s1. The van der Waals surface area contributed by atoms with Crippen molar-refractivity contribution in [1.82, 2.24) is 30.4 Å². The van der Waals surface area contributed by atoms with E-state index < -0.39 is 6.04 Å². The van der Waals surface area contributed by atoms with Gasteiger partial charge in [0.2, 0.25) is 5.95 Å². The van der Waals surface area contributed by atoms with Crippen molar-refractivity contribution in [3.8, 4) is 11.5 Å². The van der Waals surface area contributed by atoms with Gasteiger partial charge >= 0.3 is 0 Å². The molecule has 0 fully saturated rings. The maximum absolute atomic E-state index is 12.4. The number of anilines is 2. The van der Waals surface area contributed by atoms with Crippen molar-refractivity contribution < 1.29 is 4.42 Å². The Balaban J connectivity index is 1.83. The zero-order valence-corrected chi connectivity index (χ0v) is 13.8. The zero-order valence-electron chi connectivity index (χ0n) is 13.0. The van der Waals surface area contributed by atoms with Crippen molar-refractivity contribution in [1.29, 1.82) is 0 Å². The minimum absolute atomic E-state index is 0.327. The summed E-state index contributed by atoms with van der Waals surface area (Å²) in [5, 5.41) is 22.0. The molecule has 0 amide bonds. The predicted molar refractivity (Wildman–Crippen MR) is 92.4 cm³/mol. The first kappa shape index (κ1) is 14.8. The summed E-state index contributed by atoms with van der Waals surface area (Å²) in [7, 11) is 0. The van der Waals surface area contributed by atoms with Gasteiger partial charge in [-0.3, -0.25) is 4.79 Å². The number of tetrazole rings is 1. The highest BCUT2D eigenvalue weighted by Crippen LogP contribution is 2.41. The van der Waals surface area contributed by atoms with Gasteiger partial charge in [0.25, 0.3) is 5.56 Å². The zero-order chi connectivity index (χ0) is 17.7. The number of H-pyrrole nitrogens is 1. The van der Waals surface area contributed by atoms with Crippen LogP contribution in [0.1, 0.15) is 17.2 Å². The number of aromatic amines is 1. The van der Waals surface area contributed by atoms with Gasteiger partial charge in [0.15, 0.2) is 5.76 Å². The second-order valence-electron chi connectivity index (χ2n) is 5.69. The van der Waals surface area contributed by atoms with E-state index >= 15 is 0 Å². The summed E-state index contributed by atoms with van der Waals surface area (Å²) in [5.74, 6) is 0.884. The molecule has 0 saturated heterocycles. The van der Waals surface area contributed by atoms with Crippen LogP contribution in [0, 0.1) is 0 Å². The summed E-state index contributed by atoms with van der Waals surface area (Å²) in [6, 6.07) is 10.3. The van der Waals surface area contributed by atoms with E-state index in [0.29, 0.717) is 33.7 Å². The van der Waals surface area contributed by atoms with Crippen LogP contribution < -0.4 is 10.9 Å². The van der Waals surface area contributed by atoms with Crippen LogP contribution >= 0.6 is 11.6 Å². The van der Waals surface area contributed by atoms with Crippen LogP contribution in [0.5, 0.6) is 0 Å². The maximum atomic E-state index is 12.4. The van der Waals surface area contributed by atoms with Crippen molar-refractivity contribution in [2.45, 2.75) is 6.04 Å². The summed E-state index contributed by atoms with van der Waals surface area (Å²) >= 11 is 6.03. The van der Waals surface area contributed by atoms with E-state index in [1.54, 1.807) is 35.2 Å². The third-order valence-corrected chi connectivity index (χ3v) is 4.46. The second-order valence-corrected chi connectivity index (χ2v) is 6.13. The number of aromatic nitrogens is 6. The number of nitrogens with one attached hydrogen (secondary N) is 2. The minimum Gasteiger partial charge on any atom is -0.463 e. The third-order valence-electron chi connectivity index (χ3n) is 4.21. The van der Waals surface area contributed by atoms with Crippen LogP contribution in [0.3, 0.4) is 0 Å². The average Bonchev–Trinajstić information content (AvgIpc) is 3.33. The smallest absolute Gasteiger partial charge is 0.288 e.